The smallest absolute Gasteiger partial charge is 0.261 e. The van der Waals surface area contributed by atoms with Crippen molar-refractivity contribution >= 4 is 15.7 Å². The Morgan fingerprint density at radius 3 is 2.59 bits per heavy atom. The number of aromatic nitrogens is 3. The summed E-state index contributed by atoms with van der Waals surface area (Å²) in [7, 11) is -3.58. The molecule has 1 N–H and O–H groups in total. The van der Waals surface area contributed by atoms with Crippen molar-refractivity contribution < 1.29 is 8.42 Å². The highest BCUT2D eigenvalue weighted by Crippen LogP contribution is 2.17. The molecule has 2 aromatic carbocycles. The van der Waals surface area contributed by atoms with Gasteiger partial charge in [0.05, 0.1) is 11.4 Å². The first-order chi connectivity index (χ1) is 10.6. The van der Waals surface area contributed by atoms with E-state index in [9.17, 15) is 8.42 Å². The first-order valence-corrected chi connectivity index (χ1v) is 8.11. The normalized spacial score (nSPS) is 11.3. The largest absolute Gasteiger partial charge is 0.280 e. The molecule has 3 aromatic rings. The summed E-state index contributed by atoms with van der Waals surface area (Å²) in [5.74, 6) is 0. The van der Waals surface area contributed by atoms with Crippen molar-refractivity contribution in [1.29, 1.82) is 0 Å². The van der Waals surface area contributed by atoms with Crippen LogP contribution < -0.4 is 4.72 Å². The van der Waals surface area contributed by atoms with Gasteiger partial charge in [-0.05, 0) is 29.8 Å². The quantitative estimate of drug-likeness (QED) is 0.782. The van der Waals surface area contributed by atoms with Crippen molar-refractivity contribution in [3.05, 3.63) is 72.8 Å². The van der Waals surface area contributed by atoms with Crippen LogP contribution >= 0.6 is 0 Å². The lowest BCUT2D eigenvalue weighted by molar-refractivity contribution is 0.601. The Morgan fingerprint density at radius 1 is 1.05 bits per heavy atom. The summed E-state index contributed by atoms with van der Waals surface area (Å²) in [4.78, 5) is 4.11. The molecule has 1 heterocycles. The van der Waals surface area contributed by atoms with E-state index in [0.717, 1.165) is 5.56 Å². The zero-order valence-corrected chi connectivity index (χ0v) is 12.4. The van der Waals surface area contributed by atoms with Crippen LogP contribution in [0.5, 0.6) is 0 Å². The second-order valence-electron chi connectivity index (χ2n) is 4.71. The predicted molar refractivity (Wildman–Crippen MR) is 82.8 cm³/mol. The summed E-state index contributed by atoms with van der Waals surface area (Å²) >= 11 is 0. The summed E-state index contributed by atoms with van der Waals surface area (Å²) in [5.41, 5.74) is 1.44. The standard InChI is InChI=1S/C15H14N4O2S/c20-22(21,15-7-2-1-3-8-15)18-14-6-4-5-13(9-14)10-19-12-16-11-17-19/h1-9,11-12,18H,10H2. The maximum absolute atomic E-state index is 12.3. The minimum absolute atomic E-state index is 0.233. The highest BCUT2D eigenvalue weighted by molar-refractivity contribution is 7.92. The van der Waals surface area contributed by atoms with Gasteiger partial charge in [0.1, 0.15) is 12.7 Å². The van der Waals surface area contributed by atoms with E-state index in [0.29, 0.717) is 12.2 Å². The molecule has 112 valence electrons. The van der Waals surface area contributed by atoms with Crippen LogP contribution in [0.15, 0.2) is 72.1 Å². The van der Waals surface area contributed by atoms with Gasteiger partial charge in [-0.25, -0.2) is 18.1 Å². The zero-order chi connectivity index (χ0) is 15.4. The molecule has 0 radical (unpaired) electrons. The number of anilines is 1. The van der Waals surface area contributed by atoms with Crippen LogP contribution in [-0.4, -0.2) is 23.2 Å². The molecule has 7 heteroatoms. The van der Waals surface area contributed by atoms with Crippen LogP contribution in [0, 0.1) is 0 Å². The predicted octanol–water partition coefficient (Wildman–Crippen LogP) is 2.13. The van der Waals surface area contributed by atoms with Gasteiger partial charge in [0.15, 0.2) is 0 Å². The number of nitrogens with zero attached hydrogens (tertiary/aromatic N) is 3. The molecule has 1 aromatic heterocycles. The summed E-state index contributed by atoms with van der Waals surface area (Å²) in [6, 6.07) is 15.5. The summed E-state index contributed by atoms with van der Waals surface area (Å²) in [5, 5.41) is 4.03. The third-order valence-corrected chi connectivity index (χ3v) is 4.44. The van der Waals surface area contributed by atoms with Crippen LogP contribution in [0.4, 0.5) is 5.69 Å². The third kappa shape index (κ3) is 3.32. The van der Waals surface area contributed by atoms with Gasteiger partial charge in [0, 0.05) is 5.69 Å². The van der Waals surface area contributed by atoms with E-state index in [4.69, 9.17) is 0 Å². The lowest BCUT2D eigenvalue weighted by Crippen LogP contribution is -2.13. The van der Waals surface area contributed by atoms with E-state index in [2.05, 4.69) is 14.8 Å². The number of hydrogen-bond acceptors (Lipinski definition) is 4. The molecule has 0 aliphatic rings. The topological polar surface area (TPSA) is 76.9 Å². The molecule has 0 unspecified atom stereocenters. The van der Waals surface area contributed by atoms with Crippen molar-refractivity contribution in [1.82, 2.24) is 14.8 Å². The van der Waals surface area contributed by atoms with Crippen LogP contribution in [-0.2, 0) is 16.6 Å². The molecular weight excluding hydrogens is 300 g/mol. The fourth-order valence-corrected chi connectivity index (χ4v) is 3.12. The molecule has 0 saturated heterocycles. The van der Waals surface area contributed by atoms with Gasteiger partial charge in [0.25, 0.3) is 10.0 Å². The number of benzene rings is 2. The van der Waals surface area contributed by atoms with Gasteiger partial charge >= 0.3 is 0 Å². The van der Waals surface area contributed by atoms with E-state index in [1.165, 1.54) is 6.33 Å². The Balaban J connectivity index is 1.81. The molecule has 0 aliphatic carbocycles. The lowest BCUT2D eigenvalue weighted by Gasteiger charge is -2.09. The number of nitrogens with one attached hydrogen (secondary N) is 1. The van der Waals surface area contributed by atoms with Crippen LogP contribution in [0.3, 0.4) is 0 Å². The van der Waals surface area contributed by atoms with E-state index in [1.54, 1.807) is 59.5 Å². The third-order valence-electron chi connectivity index (χ3n) is 3.04. The monoisotopic (exact) mass is 314 g/mol. The van der Waals surface area contributed by atoms with E-state index >= 15 is 0 Å². The second kappa shape index (κ2) is 5.98. The Bertz CT molecular complexity index is 846. The van der Waals surface area contributed by atoms with Gasteiger partial charge < -0.3 is 0 Å². The number of rotatable bonds is 5. The molecule has 0 amide bonds. The van der Waals surface area contributed by atoms with Crippen LogP contribution in [0.2, 0.25) is 0 Å². The first kappa shape index (κ1) is 14.3. The van der Waals surface area contributed by atoms with Crippen molar-refractivity contribution in [2.24, 2.45) is 0 Å². The average molecular weight is 314 g/mol. The second-order valence-corrected chi connectivity index (χ2v) is 6.39. The fourth-order valence-electron chi connectivity index (χ4n) is 2.05. The van der Waals surface area contributed by atoms with Gasteiger partial charge in [-0.1, -0.05) is 30.3 Å². The minimum atomic E-state index is -3.58. The lowest BCUT2D eigenvalue weighted by atomic mass is 10.2. The first-order valence-electron chi connectivity index (χ1n) is 6.63. The summed E-state index contributed by atoms with van der Waals surface area (Å²) < 4.78 is 28.8. The van der Waals surface area contributed by atoms with E-state index in [1.807, 2.05) is 6.07 Å². The molecule has 22 heavy (non-hydrogen) atoms. The Labute approximate surface area is 128 Å². The van der Waals surface area contributed by atoms with E-state index < -0.39 is 10.0 Å². The molecule has 0 aliphatic heterocycles. The van der Waals surface area contributed by atoms with Gasteiger partial charge in [-0.2, -0.15) is 5.10 Å². The van der Waals surface area contributed by atoms with Crippen molar-refractivity contribution in [3.8, 4) is 0 Å². The summed E-state index contributed by atoms with van der Waals surface area (Å²) in [6.07, 6.45) is 3.07. The molecule has 0 atom stereocenters. The molecule has 3 rings (SSSR count). The van der Waals surface area contributed by atoms with Crippen LogP contribution in [0.1, 0.15) is 5.56 Å². The summed E-state index contributed by atoms with van der Waals surface area (Å²) in [6.45, 7) is 0.529. The molecular formula is C15H14N4O2S. The van der Waals surface area contributed by atoms with Gasteiger partial charge in [0.2, 0.25) is 0 Å². The zero-order valence-electron chi connectivity index (χ0n) is 11.6. The Morgan fingerprint density at radius 2 is 1.86 bits per heavy atom. The molecule has 0 bridgehead atoms. The maximum Gasteiger partial charge on any atom is 0.261 e. The average Bonchev–Trinajstić information content (AvgIpc) is 3.01. The Kier molecular flexibility index (Phi) is 3.88. The van der Waals surface area contributed by atoms with Crippen molar-refractivity contribution in [2.45, 2.75) is 11.4 Å². The van der Waals surface area contributed by atoms with Crippen molar-refractivity contribution in [3.63, 3.8) is 0 Å². The molecule has 0 spiro atoms. The number of sulfonamides is 1. The highest BCUT2D eigenvalue weighted by atomic mass is 32.2. The number of hydrogen-bond donors (Lipinski definition) is 1. The van der Waals surface area contributed by atoms with Crippen molar-refractivity contribution in [2.75, 3.05) is 4.72 Å². The van der Waals surface area contributed by atoms with Gasteiger partial charge in [-0.3, -0.25) is 4.72 Å². The van der Waals surface area contributed by atoms with Crippen LogP contribution in [0.25, 0.3) is 0 Å². The molecule has 0 fully saturated rings. The van der Waals surface area contributed by atoms with E-state index in [-0.39, 0.29) is 4.90 Å². The molecule has 6 nitrogen and oxygen atoms in total. The molecule has 0 saturated carbocycles. The van der Waals surface area contributed by atoms with Gasteiger partial charge in [-0.15, -0.1) is 0 Å². The Hall–Kier alpha value is -2.67. The fraction of sp³-hybridized carbons (Fsp3) is 0.0667. The SMILES string of the molecule is O=S(=O)(Nc1cccc(Cn2cncn2)c1)c1ccccc1. The maximum atomic E-state index is 12.3. The minimum Gasteiger partial charge on any atom is -0.280 e. The highest BCUT2D eigenvalue weighted by Gasteiger charge is 2.13.